The summed E-state index contributed by atoms with van der Waals surface area (Å²) < 4.78 is 0. The van der Waals surface area contributed by atoms with Crippen molar-refractivity contribution in [3.05, 3.63) is 0 Å². The molecule has 0 aromatic rings. The van der Waals surface area contributed by atoms with Gasteiger partial charge in [-0.05, 0) is 44.6 Å². The van der Waals surface area contributed by atoms with Crippen LogP contribution in [0.25, 0.3) is 0 Å². The Hall–Kier alpha value is -0.570. The maximum absolute atomic E-state index is 12.1. The Morgan fingerprint density at radius 3 is 2.56 bits per heavy atom. The van der Waals surface area contributed by atoms with Gasteiger partial charge in [-0.25, -0.2) is 0 Å². The number of carbonyl (C=O) groups excluding carboxylic acids is 1. The molecule has 0 radical (unpaired) electrons. The third kappa shape index (κ3) is 2.97. The molecule has 0 aromatic carbocycles. The molecule has 2 saturated carbocycles. The zero-order chi connectivity index (χ0) is 11.4. The van der Waals surface area contributed by atoms with E-state index in [4.69, 9.17) is 5.73 Å². The first-order chi connectivity index (χ1) is 7.79. The van der Waals surface area contributed by atoms with E-state index in [1.165, 1.54) is 38.5 Å². The molecular formula is C13H24N2O. The van der Waals surface area contributed by atoms with Crippen LogP contribution in [0.3, 0.4) is 0 Å². The van der Waals surface area contributed by atoms with E-state index in [1.807, 2.05) is 0 Å². The van der Waals surface area contributed by atoms with Gasteiger partial charge in [0, 0.05) is 12.0 Å². The lowest BCUT2D eigenvalue weighted by atomic mass is 9.81. The normalized spacial score (nSPS) is 31.6. The van der Waals surface area contributed by atoms with Gasteiger partial charge in [0.1, 0.15) is 0 Å². The van der Waals surface area contributed by atoms with Crippen LogP contribution in [0.4, 0.5) is 0 Å². The van der Waals surface area contributed by atoms with E-state index in [1.54, 1.807) is 0 Å². The van der Waals surface area contributed by atoms with Crippen LogP contribution in [0.15, 0.2) is 0 Å². The van der Waals surface area contributed by atoms with Gasteiger partial charge < -0.3 is 11.1 Å². The van der Waals surface area contributed by atoms with Gasteiger partial charge in [0.25, 0.3) is 0 Å². The highest BCUT2D eigenvalue weighted by molar-refractivity contribution is 5.79. The first-order valence-electron chi connectivity index (χ1n) is 6.80. The lowest BCUT2D eigenvalue weighted by molar-refractivity contribution is -0.127. The second-order valence-electron chi connectivity index (χ2n) is 5.46. The number of rotatable bonds is 3. The molecule has 0 spiro atoms. The Kier molecular flexibility index (Phi) is 4.22. The zero-order valence-electron chi connectivity index (χ0n) is 10.1. The largest absolute Gasteiger partial charge is 0.353 e. The first-order valence-corrected chi connectivity index (χ1v) is 6.80. The van der Waals surface area contributed by atoms with E-state index in [0.29, 0.717) is 17.9 Å². The van der Waals surface area contributed by atoms with Crippen LogP contribution in [0.1, 0.15) is 51.4 Å². The molecule has 0 saturated heterocycles. The van der Waals surface area contributed by atoms with Crippen molar-refractivity contribution >= 4 is 5.91 Å². The van der Waals surface area contributed by atoms with Gasteiger partial charge in [0.05, 0.1) is 0 Å². The minimum absolute atomic E-state index is 0.239. The molecule has 2 aliphatic carbocycles. The second-order valence-corrected chi connectivity index (χ2v) is 5.46. The molecule has 2 fully saturated rings. The predicted molar refractivity (Wildman–Crippen MR) is 64.9 cm³/mol. The summed E-state index contributed by atoms with van der Waals surface area (Å²) in [6, 6.07) is 0.464. The fraction of sp³-hybridized carbons (Fsp3) is 0.923. The molecule has 2 rings (SSSR count). The average molecular weight is 224 g/mol. The summed E-state index contributed by atoms with van der Waals surface area (Å²) in [7, 11) is 0. The summed E-state index contributed by atoms with van der Waals surface area (Å²) in [5.41, 5.74) is 5.70. The van der Waals surface area contributed by atoms with Crippen LogP contribution >= 0.6 is 0 Å². The van der Waals surface area contributed by atoms with Gasteiger partial charge in [-0.1, -0.05) is 19.3 Å². The summed E-state index contributed by atoms with van der Waals surface area (Å²) in [5.74, 6) is 1.11. The van der Waals surface area contributed by atoms with E-state index in [0.717, 1.165) is 19.4 Å². The maximum Gasteiger partial charge on any atom is 0.223 e. The molecule has 16 heavy (non-hydrogen) atoms. The molecule has 0 aliphatic heterocycles. The Labute approximate surface area is 98.2 Å². The Bertz CT molecular complexity index is 236. The van der Waals surface area contributed by atoms with Crippen LogP contribution in [0.2, 0.25) is 0 Å². The van der Waals surface area contributed by atoms with Crippen LogP contribution in [0, 0.1) is 11.8 Å². The molecule has 3 N–H and O–H groups in total. The molecule has 0 heterocycles. The Balaban J connectivity index is 1.79. The van der Waals surface area contributed by atoms with Crippen molar-refractivity contribution < 1.29 is 4.79 Å². The quantitative estimate of drug-likeness (QED) is 0.768. The van der Waals surface area contributed by atoms with E-state index >= 15 is 0 Å². The van der Waals surface area contributed by atoms with Gasteiger partial charge in [0.2, 0.25) is 5.91 Å². The number of nitrogens with one attached hydrogen (secondary N) is 1. The monoisotopic (exact) mass is 224 g/mol. The fourth-order valence-electron chi connectivity index (χ4n) is 3.13. The Morgan fingerprint density at radius 1 is 1.12 bits per heavy atom. The second kappa shape index (κ2) is 5.67. The molecule has 2 aliphatic rings. The predicted octanol–water partition coefficient (Wildman–Crippen LogP) is 1.81. The number of hydrogen-bond donors (Lipinski definition) is 2. The lowest BCUT2D eigenvalue weighted by Gasteiger charge is -2.28. The van der Waals surface area contributed by atoms with E-state index < -0.39 is 0 Å². The van der Waals surface area contributed by atoms with Gasteiger partial charge in [-0.2, -0.15) is 0 Å². The summed E-state index contributed by atoms with van der Waals surface area (Å²) in [4.78, 5) is 12.1. The molecule has 2 unspecified atom stereocenters. The van der Waals surface area contributed by atoms with Gasteiger partial charge in [-0.15, -0.1) is 0 Å². The van der Waals surface area contributed by atoms with Crippen molar-refractivity contribution in [2.75, 3.05) is 6.54 Å². The van der Waals surface area contributed by atoms with Gasteiger partial charge in [0.15, 0.2) is 0 Å². The summed E-state index contributed by atoms with van der Waals surface area (Å²) in [6.45, 7) is 0.743. The molecule has 0 aromatic heterocycles. The van der Waals surface area contributed by atoms with E-state index in [9.17, 15) is 4.79 Å². The van der Waals surface area contributed by atoms with Crippen molar-refractivity contribution in [3.63, 3.8) is 0 Å². The van der Waals surface area contributed by atoms with Crippen molar-refractivity contribution in [2.24, 2.45) is 17.6 Å². The summed E-state index contributed by atoms with van der Waals surface area (Å²) in [6.07, 6.45) is 9.37. The van der Waals surface area contributed by atoms with Crippen LogP contribution < -0.4 is 11.1 Å². The van der Waals surface area contributed by atoms with Crippen molar-refractivity contribution in [1.29, 1.82) is 0 Å². The molecule has 2 atom stereocenters. The van der Waals surface area contributed by atoms with Gasteiger partial charge >= 0.3 is 0 Å². The minimum Gasteiger partial charge on any atom is -0.353 e. The van der Waals surface area contributed by atoms with Crippen molar-refractivity contribution in [1.82, 2.24) is 5.32 Å². The molecular weight excluding hydrogens is 200 g/mol. The maximum atomic E-state index is 12.1. The van der Waals surface area contributed by atoms with Crippen molar-refractivity contribution in [3.8, 4) is 0 Å². The highest BCUT2D eigenvalue weighted by Crippen LogP contribution is 2.29. The fourth-order valence-corrected chi connectivity index (χ4v) is 3.13. The highest BCUT2D eigenvalue weighted by atomic mass is 16.1. The Morgan fingerprint density at radius 2 is 1.88 bits per heavy atom. The number of amides is 1. The highest BCUT2D eigenvalue weighted by Gasteiger charge is 2.28. The SMILES string of the molecule is NCC1CCCC(C(=O)NC2CCCC2)C1. The zero-order valence-corrected chi connectivity index (χ0v) is 10.1. The van der Waals surface area contributed by atoms with Crippen LogP contribution in [-0.2, 0) is 4.79 Å². The van der Waals surface area contributed by atoms with E-state index in [2.05, 4.69) is 5.32 Å². The molecule has 0 bridgehead atoms. The molecule has 1 amide bonds. The number of carbonyl (C=O) groups is 1. The van der Waals surface area contributed by atoms with Crippen molar-refractivity contribution in [2.45, 2.75) is 57.4 Å². The van der Waals surface area contributed by atoms with Crippen LogP contribution in [-0.4, -0.2) is 18.5 Å². The average Bonchev–Trinajstić information content (AvgIpc) is 2.82. The smallest absolute Gasteiger partial charge is 0.223 e. The molecule has 3 heteroatoms. The van der Waals surface area contributed by atoms with Crippen LogP contribution in [0.5, 0.6) is 0 Å². The third-order valence-electron chi connectivity index (χ3n) is 4.19. The molecule has 3 nitrogen and oxygen atoms in total. The number of nitrogens with two attached hydrogens (primary N) is 1. The topological polar surface area (TPSA) is 55.1 Å². The van der Waals surface area contributed by atoms with Gasteiger partial charge in [-0.3, -0.25) is 4.79 Å². The third-order valence-corrected chi connectivity index (χ3v) is 4.19. The number of hydrogen-bond acceptors (Lipinski definition) is 2. The lowest BCUT2D eigenvalue weighted by Crippen LogP contribution is -2.39. The molecule has 92 valence electrons. The minimum atomic E-state index is 0.239. The summed E-state index contributed by atoms with van der Waals surface area (Å²) in [5, 5.41) is 3.21. The standard InChI is InChI=1S/C13H24N2O/c14-9-10-4-3-5-11(8-10)13(16)15-12-6-1-2-7-12/h10-12H,1-9,14H2,(H,15,16). The van der Waals surface area contributed by atoms with E-state index in [-0.39, 0.29) is 5.92 Å². The summed E-state index contributed by atoms with van der Waals surface area (Å²) >= 11 is 0. The first kappa shape index (κ1) is 11.9.